The Kier molecular flexibility index (Phi) is 9.63. The quantitative estimate of drug-likeness (QED) is 0.148. The zero-order valence-electron chi connectivity index (χ0n) is 41.4. The highest BCUT2D eigenvalue weighted by Crippen LogP contribution is 2.47. The summed E-state index contributed by atoms with van der Waals surface area (Å²) >= 11 is 0. The van der Waals surface area contributed by atoms with E-state index in [1.54, 1.807) is 13.0 Å². The van der Waals surface area contributed by atoms with Crippen LogP contribution in [0.5, 0.6) is 0 Å². The highest BCUT2D eigenvalue weighted by atomic mass is 19.4. The first-order valence-corrected chi connectivity index (χ1v) is 25.6. The van der Waals surface area contributed by atoms with Crippen LogP contribution >= 0.6 is 0 Å². The van der Waals surface area contributed by atoms with Gasteiger partial charge in [-0.05, 0) is 127 Å². The van der Waals surface area contributed by atoms with E-state index in [4.69, 9.17) is 6.57 Å². The first-order chi connectivity index (χ1) is 37.7. The average molecular weight is 998 g/mol. The molecule has 11 aromatic carbocycles. The monoisotopic (exact) mass is 997 g/mol. The molecule has 0 unspecified atom stereocenters. The van der Waals surface area contributed by atoms with Gasteiger partial charge in [-0.15, -0.1) is 0 Å². The molecule has 15 rings (SSSR count). The van der Waals surface area contributed by atoms with Crippen molar-refractivity contribution in [3.63, 3.8) is 0 Å². The zero-order valence-corrected chi connectivity index (χ0v) is 41.4. The molecule has 0 saturated heterocycles. The number of rotatable bonds is 6. The fraction of sp³-hybridized carbons (Fsp3) is 0.0290. The van der Waals surface area contributed by atoms with Gasteiger partial charge in [0.05, 0.1) is 62.0 Å². The summed E-state index contributed by atoms with van der Waals surface area (Å²) in [6.07, 6.45) is -4.49. The number of hydrogen-bond acceptors (Lipinski definition) is 0. The van der Waals surface area contributed by atoms with Gasteiger partial charge >= 0.3 is 6.18 Å². The summed E-state index contributed by atoms with van der Waals surface area (Å²) in [6.45, 7) is 10.2. The third-order valence-electron chi connectivity index (χ3n) is 15.7. The van der Waals surface area contributed by atoms with Crippen LogP contribution in [-0.4, -0.2) is 18.3 Å². The van der Waals surface area contributed by atoms with E-state index in [-0.39, 0.29) is 0 Å². The average Bonchev–Trinajstić information content (AvgIpc) is 4.20. The Bertz CT molecular complexity index is 4990. The molecule has 0 fully saturated rings. The van der Waals surface area contributed by atoms with E-state index in [2.05, 4.69) is 205 Å². The Morgan fingerprint density at radius 1 is 0.338 bits per heavy atom. The van der Waals surface area contributed by atoms with Crippen molar-refractivity contribution < 1.29 is 13.2 Å². The number of benzene rings is 11. The molecular formula is C69H42F3N5. The second kappa shape index (κ2) is 16.7. The highest BCUT2D eigenvalue weighted by molar-refractivity contribution is 6.21. The smallest absolute Gasteiger partial charge is 0.310 e. The molecule has 4 heterocycles. The van der Waals surface area contributed by atoms with Crippen molar-refractivity contribution in [3.05, 3.63) is 259 Å². The largest absolute Gasteiger partial charge is 0.416 e. The van der Waals surface area contributed by atoms with Crippen molar-refractivity contribution in [3.8, 4) is 45.0 Å². The van der Waals surface area contributed by atoms with Crippen molar-refractivity contribution in [2.24, 2.45) is 0 Å². The molecule has 15 aromatic rings. The number of alkyl halides is 3. The Hall–Kier alpha value is -10.1. The van der Waals surface area contributed by atoms with Crippen LogP contribution in [0.2, 0.25) is 0 Å². The van der Waals surface area contributed by atoms with Gasteiger partial charge in [-0.25, -0.2) is 4.85 Å². The number of para-hydroxylation sites is 6. The summed E-state index contributed by atoms with van der Waals surface area (Å²) in [6, 6.07) is 80.3. The number of hydrogen-bond donors (Lipinski definition) is 0. The van der Waals surface area contributed by atoms with Gasteiger partial charge in [0.25, 0.3) is 0 Å². The van der Waals surface area contributed by atoms with Crippen molar-refractivity contribution in [1.29, 1.82) is 0 Å². The van der Waals surface area contributed by atoms with E-state index >= 15 is 0 Å². The Balaban J connectivity index is 1.07. The Morgan fingerprint density at radius 2 is 0.766 bits per heavy atom. The van der Waals surface area contributed by atoms with Gasteiger partial charge in [0.15, 0.2) is 5.69 Å². The standard InChI is InChI=1S/C69H42F3N5/c1-42-35-44(69(70,71)72)30-32-48(42)43-29-34-63(76-61-27-15-11-23-51(61)57-38-55-49-21-9-13-25-59(49)74(65(55)40-67(57)76)46-17-5-3-6-18-46)54(36-43)53-33-31-45(73-2)37-64(53)77-62-28-16-12-24-52(62)58-39-56-50-22-10-14-26-60(50)75(66(56)41-68(58)77)47-19-7-4-8-20-47/h3-41H,1H3. The molecule has 4 aromatic heterocycles. The van der Waals surface area contributed by atoms with Crippen LogP contribution in [0.25, 0.3) is 137 Å². The molecular weight excluding hydrogens is 956 g/mol. The molecule has 77 heavy (non-hydrogen) atoms. The maximum atomic E-state index is 14.2. The number of nitrogens with zero attached hydrogens (tertiary/aromatic N) is 5. The van der Waals surface area contributed by atoms with E-state index in [0.717, 1.165) is 127 Å². The molecule has 0 bridgehead atoms. The minimum atomic E-state index is -4.49. The number of aromatic nitrogens is 4. The highest BCUT2D eigenvalue weighted by Gasteiger charge is 2.31. The second-order valence-corrected chi connectivity index (χ2v) is 19.9. The topological polar surface area (TPSA) is 24.1 Å². The fourth-order valence-corrected chi connectivity index (χ4v) is 12.4. The van der Waals surface area contributed by atoms with Crippen molar-refractivity contribution >= 4 is 92.9 Å². The van der Waals surface area contributed by atoms with E-state index in [1.165, 1.54) is 12.1 Å². The van der Waals surface area contributed by atoms with Gasteiger partial charge in [-0.1, -0.05) is 133 Å². The Morgan fingerprint density at radius 3 is 1.23 bits per heavy atom. The molecule has 0 aliphatic rings. The molecule has 364 valence electrons. The van der Waals surface area contributed by atoms with Gasteiger partial charge in [-0.2, -0.15) is 13.2 Å². The predicted octanol–water partition coefficient (Wildman–Crippen LogP) is 19.3. The SMILES string of the molecule is [C-]#[N+]c1ccc(-c2cc(-c3ccc(C(F)(F)F)cc3C)ccc2-n2c3ccccc3c3cc4c5ccccc5n(-c5ccccc5)c4cc32)c(-n2c3ccccc3c3cc4c5ccccc5n(-c5ccccc5)c4cc32)c1. The third kappa shape index (κ3) is 6.67. The van der Waals surface area contributed by atoms with Crippen LogP contribution in [0.15, 0.2) is 237 Å². The van der Waals surface area contributed by atoms with Gasteiger partial charge < -0.3 is 18.3 Å². The number of aryl methyl sites for hydroxylation is 1. The summed E-state index contributed by atoms with van der Waals surface area (Å²) in [5, 5.41) is 8.86. The molecule has 0 amide bonds. The lowest BCUT2D eigenvalue weighted by atomic mass is 9.93. The van der Waals surface area contributed by atoms with Crippen LogP contribution in [-0.2, 0) is 6.18 Å². The van der Waals surface area contributed by atoms with Gasteiger partial charge in [0.1, 0.15) is 0 Å². The predicted molar refractivity (Wildman–Crippen MR) is 311 cm³/mol. The molecule has 8 heteroatoms. The maximum Gasteiger partial charge on any atom is 0.416 e. The molecule has 0 aliphatic heterocycles. The van der Waals surface area contributed by atoms with Crippen molar-refractivity contribution in [1.82, 2.24) is 18.3 Å². The number of fused-ring (bicyclic) bond motifs is 12. The summed E-state index contributed by atoms with van der Waals surface area (Å²) in [5.74, 6) is 0. The molecule has 0 N–H and O–H groups in total. The molecule has 0 aliphatic carbocycles. The summed E-state index contributed by atoms with van der Waals surface area (Å²) in [5.41, 5.74) is 15.4. The summed E-state index contributed by atoms with van der Waals surface area (Å²) in [7, 11) is 0. The van der Waals surface area contributed by atoms with Crippen LogP contribution in [0.1, 0.15) is 11.1 Å². The van der Waals surface area contributed by atoms with Crippen LogP contribution in [0.3, 0.4) is 0 Å². The Labute approximate surface area is 439 Å². The van der Waals surface area contributed by atoms with Crippen molar-refractivity contribution in [2.75, 3.05) is 0 Å². The van der Waals surface area contributed by atoms with E-state index < -0.39 is 11.7 Å². The molecule has 5 nitrogen and oxygen atoms in total. The fourth-order valence-electron chi connectivity index (χ4n) is 12.4. The minimum Gasteiger partial charge on any atom is -0.310 e. The minimum absolute atomic E-state index is 0.471. The first kappa shape index (κ1) is 44.4. The van der Waals surface area contributed by atoms with Crippen molar-refractivity contribution in [2.45, 2.75) is 13.1 Å². The third-order valence-corrected chi connectivity index (χ3v) is 15.7. The molecule has 0 saturated carbocycles. The lowest BCUT2D eigenvalue weighted by molar-refractivity contribution is -0.137. The normalized spacial score (nSPS) is 12.1. The molecule has 0 atom stereocenters. The van der Waals surface area contributed by atoms with Crippen LogP contribution < -0.4 is 0 Å². The first-order valence-electron chi connectivity index (χ1n) is 25.6. The maximum absolute atomic E-state index is 14.2. The van der Waals surface area contributed by atoms with E-state index in [1.807, 2.05) is 36.4 Å². The molecule has 0 radical (unpaired) electrons. The second-order valence-electron chi connectivity index (χ2n) is 19.9. The van der Waals surface area contributed by atoms with Crippen LogP contribution in [0.4, 0.5) is 18.9 Å². The van der Waals surface area contributed by atoms with Gasteiger partial charge in [-0.3, -0.25) is 0 Å². The lowest BCUT2D eigenvalue weighted by Crippen LogP contribution is -2.05. The summed E-state index contributed by atoms with van der Waals surface area (Å²) < 4.78 is 51.9. The van der Waals surface area contributed by atoms with Gasteiger partial charge in [0, 0.05) is 71.3 Å². The van der Waals surface area contributed by atoms with E-state index in [9.17, 15) is 13.2 Å². The summed E-state index contributed by atoms with van der Waals surface area (Å²) in [4.78, 5) is 4.04. The lowest BCUT2D eigenvalue weighted by Gasteiger charge is -2.21. The zero-order chi connectivity index (χ0) is 51.7. The number of halogens is 3. The molecule has 0 spiro atoms. The van der Waals surface area contributed by atoms with Gasteiger partial charge in [0.2, 0.25) is 0 Å². The van der Waals surface area contributed by atoms with Crippen LogP contribution in [0, 0.1) is 13.5 Å². The van der Waals surface area contributed by atoms with E-state index in [0.29, 0.717) is 16.8 Å².